The molecular formula is C21H32N2O5. The average molecular weight is 392 g/mol. The quantitative estimate of drug-likeness (QED) is 0.560. The van der Waals surface area contributed by atoms with Crippen molar-refractivity contribution in [3.05, 3.63) is 29.8 Å². The van der Waals surface area contributed by atoms with E-state index in [1.54, 1.807) is 7.11 Å². The number of aliphatic hydroxyl groups is 1. The summed E-state index contributed by atoms with van der Waals surface area (Å²) in [5, 5.41) is 14.8. The van der Waals surface area contributed by atoms with Crippen molar-refractivity contribution in [3.8, 4) is 5.75 Å². The molecule has 1 aromatic carbocycles. The molecule has 1 aliphatic carbocycles. The van der Waals surface area contributed by atoms with Crippen LogP contribution in [0.15, 0.2) is 24.3 Å². The lowest BCUT2D eigenvalue weighted by Crippen LogP contribution is -2.51. The minimum atomic E-state index is -0.563. The number of aliphatic hydroxyl groups excluding tert-OH is 1. The van der Waals surface area contributed by atoms with E-state index in [9.17, 15) is 9.59 Å². The largest absolute Gasteiger partial charge is 0.496 e. The number of nitrogens with one attached hydrogen (secondary N) is 2. The van der Waals surface area contributed by atoms with E-state index in [0.29, 0.717) is 32.4 Å². The molecule has 2 amide bonds. The Balaban J connectivity index is 1.87. The zero-order valence-corrected chi connectivity index (χ0v) is 16.8. The molecule has 0 radical (unpaired) electrons. The minimum absolute atomic E-state index is 0.00733. The van der Waals surface area contributed by atoms with Gasteiger partial charge in [-0.2, -0.15) is 0 Å². The van der Waals surface area contributed by atoms with Gasteiger partial charge in [-0.25, -0.2) is 0 Å². The molecule has 0 heterocycles. The Morgan fingerprint density at radius 3 is 2.75 bits per heavy atom. The van der Waals surface area contributed by atoms with Crippen LogP contribution in [0.5, 0.6) is 5.75 Å². The van der Waals surface area contributed by atoms with Crippen LogP contribution >= 0.6 is 0 Å². The first-order valence-electron chi connectivity index (χ1n) is 10.0. The Morgan fingerprint density at radius 2 is 2.04 bits per heavy atom. The second-order valence-electron chi connectivity index (χ2n) is 7.10. The molecule has 156 valence electrons. The van der Waals surface area contributed by atoms with Crippen LogP contribution in [0.4, 0.5) is 0 Å². The van der Waals surface area contributed by atoms with E-state index >= 15 is 0 Å². The molecule has 0 aromatic heterocycles. The number of rotatable bonds is 10. The highest BCUT2D eigenvalue weighted by molar-refractivity contribution is 5.79. The smallest absolute Gasteiger partial charge is 0.246 e. The van der Waals surface area contributed by atoms with Crippen LogP contribution in [0.1, 0.15) is 38.2 Å². The van der Waals surface area contributed by atoms with Gasteiger partial charge in [0.1, 0.15) is 12.4 Å². The number of benzene rings is 1. The van der Waals surface area contributed by atoms with Crippen molar-refractivity contribution in [1.82, 2.24) is 10.6 Å². The molecule has 1 aliphatic rings. The molecule has 1 fully saturated rings. The third-order valence-corrected chi connectivity index (χ3v) is 5.07. The third-order valence-electron chi connectivity index (χ3n) is 5.07. The van der Waals surface area contributed by atoms with Gasteiger partial charge in [-0.05, 0) is 43.7 Å². The SMILES string of the molecule is CCCO[C@@H]1CC[C@H](C(=O)NCCc2ccccc2OC)C[C@H]1NC(=O)CO. The lowest BCUT2D eigenvalue weighted by molar-refractivity contribution is -0.131. The first-order chi connectivity index (χ1) is 13.6. The first-order valence-corrected chi connectivity index (χ1v) is 10.0. The van der Waals surface area contributed by atoms with Crippen molar-refractivity contribution in [2.24, 2.45) is 5.92 Å². The van der Waals surface area contributed by atoms with E-state index in [0.717, 1.165) is 24.2 Å². The fourth-order valence-corrected chi connectivity index (χ4v) is 3.63. The summed E-state index contributed by atoms with van der Waals surface area (Å²) in [5.74, 6) is 0.194. The molecule has 0 spiro atoms. The molecule has 2 rings (SSSR count). The Kier molecular flexibility index (Phi) is 9.23. The number of hydrogen-bond acceptors (Lipinski definition) is 5. The van der Waals surface area contributed by atoms with Crippen molar-refractivity contribution in [2.45, 2.75) is 51.2 Å². The summed E-state index contributed by atoms with van der Waals surface area (Å²) in [6, 6.07) is 7.50. The fourth-order valence-electron chi connectivity index (χ4n) is 3.63. The van der Waals surface area contributed by atoms with Crippen LogP contribution < -0.4 is 15.4 Å². The molecule has 1 saturated carbocycles. The van der Waals surface area contributed by atoms with E-state index in [1.165, 1.54) is 0 Å². The summed E-state index contributed by atoms with van der Waals surface area (Å²) in [7, 11) is 1.64. The highest BCUT2D eigenvalue weighted by atomic mass is 16.5. The predicted octanol–water partition coefficient (Wildman–Crippen LogP) is 1.43. The Bertz CT molecular complexity index is 637. The number of methoxy groups -OCH3 is 1. The van der Waals surface area contributed by atoms with Crippen LogP contribution in [-0.4, -0.2) is 55.9 Å². The average Bonchev–Trinajstić information content (AvgIpc) is 2.72. The molecule has 0 aliphatic heterocycles. The van der Waals surface area contributed by atoms with E-state index in [4.69, 9.17) is 14.6 Å². The number of ether oxygens (including phenoxy) is 2. The van der Waals surface area contributed by atoms with Crippen LogP contribution in [0, 0.1) is 5.92 Å². The maximum absolute atomic E-state index is 12.6. The van der Waals surface area contributed by atoms with E-state index in [-0.39, 0.29) is 24.0 Å². The zero-order valence-electron chi connectivity index (χ0n) is 16.8. The van der Waals surface area contributed by atoms with Gasteiger partial charge in [0.05, 0.1) is 19.3 Å². The molecule has 28 heavy (non-hydrogen) atoms. The molecule has 0 unspecified atom stereocenters. The minimum Gasteiger partial charge on any atom is -0.496 e. The van der Waals surface area contributed by atoms with Gasteiger partial charge in [0.2, 0.25) is 11.8 Å². The normalized spacial score (nSPS) is 21.8. The molecular weight excluding hydrogens is 360 g/mol. The van der Waals surface area contributed by atoms with Crippen LogP contribution in [0.2, 0.25) is 0 Å². The number of carbonyl (C=O) groups is 2. The van der Waals surface area contributed by atoms with Crippen LogP contribution in [0.25, 0.3) is 0 Å². The predicted molar refractivity (Wildman–Crippen MR) is 106 cm³/mol. The van der Waals surface area contributed by atoms with Crippen molar-refractivity contribution in [1.29, 1.82) is 0 Å². The maximum atomic E-state index is 12.6. The second-order valence-corrected chi connectivity index (χ2v) is 7.10. The maximum Gasteiger partial charge on any atom is 0.246 e. The summed E-state index contributed by atoms with van der Waals surface area (Å²) in [6.07, 6.45) is 3.41. The molecule has 1 aromatic rings. The fraction of sp³-hybridized carbons (Fsp3) is 0.619. The standard InChI is InChI=1S/C21H32N2O5/c1-3-12-28-19-9-8-16(13-17(19)23-20(25)14-24)21(26)22-11-10-15-6-4-5-7-18(15)27-2/h4-7,16-17,19,24H,3,8-14H2,1-2H3,(H,22,26)(H,23,25)/t16-,17+,19+/m0/s1. The summed E-state index contributed by atoms with van der Waals surface area (Å²) in [6.45, 7) is 2.61. The van der Waals surface area contributed by atoms with Gasteiger partial charge in [-0.15, -0.1) is 0 Å². The van der Waals surface area contributed by atoms with Gasteiger partial charge in [-0.3, -0.25) is 9.59 Å². The highest BCUT2D eigenvalue weighted by Crippen LogP contribution is 2.27. The Labute approximate surface area is 166 Å². The van der Waals surface area contributed by atoms with Gasteiger partial charge in [0.15, 0.2) is 0 Å². The summed E-state index contributed by atoms with van der Waals surface area (Å²) in [4.78, 5) is 24.3. The van der Waals surface area contributed by atoms with Gasteiger partial charge >= 0.3 is 0 Å². The highest BCUT2D eigenvalue weighted by Gasteiger charge is 2.35. The summed E-state index contributed by atoms with van der Waals surface area (Å²) in [5.41, 5.74) is 1.05. The van der Waals surface area contributed by atoms with Crippen LogP contribution in [-0.2, 0) is 20.7 Å². The van der Waals surface area contributed by atoms with Crippen molar-refractivity contribution in [2.75, 3.05) is 26.9 Å². The molecule has 3 atom stereocenters. The van der Waals surface area contributed by atoms with Crippen molar-refractivity contribution < 1.29 is 24.2 Å². The van der Waals surface area contributed by atoms with E-state index in [2.05, 4.69) is 10.6 Å². The van der Waals surface area contributed by atoms with Gasteiger partial charge < -0.3 is 25.2 Å². The number of amides is 2. The Morgan fingerprint density at radius 1 is 1.25 bits per heavy atom. The molecule has 7 nitrogen and oxygen atoms in total. The number of carbonyl (C=O) groups excluding carboxylic acids is 2. The zero-order chi connectivity index (χ0) is 20.4. The topological polar surface area (TPSA) is 96.9 Å². The van der Waals surface area contributed by atoms with E-state index < -0.39 is 12.5 Å². The van der Waals surface area contributed by atoms with Gasteiger partial charge in [0, 0.05) is 19.1 Å². The number of para-hydroxylation sites is 1. The molecule has 7 heteroatoms. The summed E-state index contributed by atoms with van der Waals surface area (Å²) >= 11 is 0. The molecule has 0 saturated heterocycles. The van der Waals surface area contributed by atoms with Gasteiger partial charge in [0.25, 0.3) is 0 Å². The van der Waals surface area contributed by atoms with Gasteiger partial charge in [-0.1, -0.05) is 25.1 Å². The monoisotopic (exact) mass is 392 g/mol. The lowest BCUT2D eigenvalue weighted by atomic mass is 9.83. The molecule has 3 N–H and O–H groups in total. The number of hydrogen-bond donors (Lipinski definition) is 3. The van der Waals surface area contributed by atoms with Crippen molar-refractivity contribution >= 4 is 11.8 Å². The van der Waals surface area contributed by atoms with Crippen molar-refractivity contribution in [3.63, 3.8) is 0 Å². The molecule has 0 bridgehead atoms. The Hall–Kier alpha value is -2.12. The third kappa shape index (κ3) is 6.49. The first kappa shape index (κ1) is 22.2. The second kappa shape index (κ2) is 11.7. The van der Waals surface area contributed by atoms with E-state index in [1.807, 2.05) is 31.2 Å². The lowest BCUT2D eigenvalue weighted by Gasteiger charge is -2.35. The summed E-state index contributed by atoms with van der Waals surface area (Å²) < 4.78 is 11.2. The van der Waals surface area contributed by atoms with Crippen LogP contribution in [0.3, 0.4) is 0 Å².